The molecule has 0 heterocycles. The van der Waals surface area contributed by atoms with Crippen LogP contribution in [0.2, 0.25) is 5.02 Å². The molecule has 0 saturated carbocycles. The standard InChI is InChI=1S/C14H16ClF2N3O/c1-3-7-19-14(18-4-2)20-9-10-8-11(15)5-6-12(10)21-13(16)17/h1,5-6,8,13H,4,7,9H2,2H3,(H2,18,19,20). The minimum Gasteiger partial charge on any atom is -0.434 e. The Bertz CT molecular complexity index is 529. The van der Waals surface area contributed by atoms with Gasteiger partial charge in [-0.3, -0.25) is 0 Å². The Labute approximate surface area is 127 Å². The van der Waals surface area contributed by atoms with E-state index in [0.29, 0.717) is 29.6 Å². The molecular formula is C14H16ClF2N3O. The molecule has 114 valence electrons. The molecule has 0 saturated heterocycles. The first-order valence-corrected chi connectivity index (χ1v) is 6.63. The molecule has 7 heteroatoms. The third kappa shape index (κ3) is 6.32. The van der Waals surface area contributed by atoms with Crippen molar-refractivity contribution in [2.24, 2.45) is 4.99 Å². The molecule has 0 atom stereocenters. The van der Waals surface area contributed by atoms with Gasteiger partial charge in [-0.1, -0.05) is 17.5 Å². The lowest BCUT2D eigenvalue weighted by Gasteiger charge is -2.12. The Balaban J connectivity index is 2.88. The summed E-state index contributed by atoms with van der Waals surface area (Å²) in [7, 11) is 0. The van der Waals surface area contributed by atoms with Crippen LogP contribution in [0.4, 0.5) is 8.78 Å². The molecule has 21 heavy (non-hydrogen) atoms. The van der Waals surface area contributed by atoms with Crippen LogP contribution >= 0.6 is 11.6 Å². The molecule has 0 aromatic heterocycles. The van der Waals surface area contributed by atoms with Crippen LogP contribution in [0.3, 0.4) is 0 Å². The minimum atomic E-state index is -2.90. The van der Waals surface area contributed by atoms with Gasteiger partial charge >= 0.3 is 6.61 Å². The zero-order chi connectivity index (χ0) is 15.7. The number of nitrogens with one attached hydrogen (secondary N) is 2. The number of halogens is 3. The first kappa shape index (κ1) is 17.1. The van der Waals surface area contributed by atoms with Crippen LogP contribution in [0.15, 0.2) is 23.2 Å². The second kappa shape index (κ2) is 9.03. The van der Waals surface area contributed by atoms with Gasteiger partial charge in [-0.05, 0) is 25.1 Å². The number of alkyl halides is 2. The van der Waals surface area contributed by atoms with Gasteiger partial charge in [0.2, 0.25) is 0 Å². The summed E-state index contributed by atoms with van der Waals surface area (Å²) in [6.45, 7) is 0.0794. The predicted octanol–water partition coefficient (Wildman–Crippen LogP) is 2.63. The second-order valence-corrected chi connectivity index (χ2v) is 4.32. The van der Waals surface area contributed by atoms with Gasteiger partial charge in [0.15, 0.2) is 5.96 Å². The average Bonchev–Trinajstić information content (AvgIpc) is 2.44. The lowest BCUT2D eigenvalue weighted by Crippen LogP contribution is -2.37. The highest BCUT2D eigenvalue weighted by Crippen LogP contribution is 2.25. The maximum Gasteiger partial charge on any atom is 0.387 e. The second-order valence-electron chi connectivity index (χ2n) is 3.88. The molecule has 4 nitrogen and oxygen atoms in total. The van der Waals surface area contributed by atoms with Gasteiger partial charge in [0, 0.05) is 17.1 Å². The molecule has 0 amide bonds. The summed E-state index contributed by atoms with van der Waals surface area (Å²) in [5, 5.41) is 6.30. The van der Waals surface area contributed by atoms with Crippen molar-refractivity contribution in [1.29, 1.82) is 0 Å². The predicted molar refractivity (Wildman–Crippen MR) is 79.7 cm³/mol. The van der Waals surface area contributed by atoms with Gasteiger partial charge in [0.1, 0.15) is 5.75 Å². The fourth-order valence-corrected chi connectivity index (χ4v) is 1.72. The first-order chi connectivity index (χ1) is 10.1. The number of nitrogens with zero attached hydrogens (tertiary/aromatic N) is 1. The van der Waals surface area contributed by atoms with Crippen molar-refractivity contribution < 1.29 is 13.5 Å². The molecule has 0 radical (unpaired) electrons. The van der Waals surface area contributed by atoms with Crippen LogP contribution in [0.1, 0.15) is 12.5 Å². The lowest BCUT2D eigenvalue weighted by molar-refractivity contribution is -0.0504. The van der Waals surface area contributed by atoms with E-state index in [-0.39, 0.29) is 12.3 Å². The molecule has 1 aromatic rings. The van der Waals surface area contributed by atoms with E-state index in [1.807, 2.05) is 6.92 Å². The van der Waals surface area contributed by atoms with Gasteiger partial charge in [-0.15, -0.1) is 6.42 Å². The van der Waals surface area contributed by atoms with Gasteiger partial charge in [-0.2, -0.15) is 8.78 Å². The Morgan fingerprint density at radius 2 is 2.24 bits per heavy atom. The van der Waals surface area contributed by atoms with E-state index >= 15 is 0 Å². The topological polar surface area (TPSA) is 45.7 Å². The SMILES string of the molecule is C#CCNC(=NCc1cc(Cl)ccc1OC(F)F)NCC. The third-order valence-electron chi connectivity index (χ3n) is 2.35. The average molecular weight is 316 g/mol. The van der Waals surface area contributed by atoms with E-state index < -0.39 is 6.61 Å². The van der Waals surface area contributed by atoms with Crippen molar-refractivity contribution >= 4 is 17.6 Å². The van der Waals surface area contributed by atoms with E-state index in [0.717, 1.165) is 0 Å². The summed E-state index contributed by atoms with van der Waals surface area (Å²) in [5.74, 6) is 2.96. The zero-order valence-electron chi connectivity index (χ0n) is 11.5. The van der Waals surface area contributed by atoms with E-state index in [1.54, 1.807) is 0 Å². The zero-order valence-corrected chi connectivity index (χ0v) is 12.3. The summed E-state index contributed by atoms with van der Waals surface area (Å²) in [6, 6.07) is 4.41. The van der Waals surface area contributed by atoms with E-state index in [9.17, 15) is 8.78 Å². The van der Waals surface area contributed by atoms with Gasteiger partial charge < -0.3 is 15.4 Å². The Hall–Kier alpha value is -2.00. The number of hydrogen-bond acceptors (Lipinski definition) is 2. The smallest absolute Gasteiger partial charge is 0.387 e. The molecular weight excluding hydrogens is 300 g/mol. The minimum absolute atomic E-state index is 0.0472. The molecule has 0 spiro atoms. The van der Waals surface area contributed by atoms with Crippen molar-refractivity contribution in [2.45, 2.75) is 20.1 Å². The monoisotopic (exact) mass is 315 g/mol. The summed E-state index contributed by atoms with van der Waals surface area (Å²) in [4.78, 5) is 4.25. The number of guanidine groups is 1. The Morgan fingerprint density at radius 3 is 2.86 bits per heavy atom. The largest absolute Gasteiger partial charge is 0.434 e. The van der Waals surface area contributed by atoms with Crippen molar-refractivity contribution in [3.63, 3.8) is 0 Å². The van der Waals surface area contributed by atoms with Gasteiger partial charge in [-0.25, -0.2) is 4.99 Å². The van der Waals surface area contributed by atoms with Crippen molar-refractivity contribution in [1.82, 2.24) is 10.6 Å². The molecule has 1 aromatic carbocycles. The number of benzene rings is 1. The van der Waals surface area contributed by atoms with Crippen LogP contribution in [-0.2, 0) is 6.54 Å². The Kier molecular flexibility index (Phi) is 7.33. The van der Waals surface area contributed by atoms with Crippen molar-refractivity contribution in [2.75, 3.05) is 13.1 Å². The maximum absolute atomic E-state index is 12.3. The van der Waals surface area contributed by atoms with Gasteiger partial charge in [0.25, 0.3) is 0 Å². The number of ether oxygens (including phenoxy) is 1. The third-order valence-corrected chi connectivity index (χ3v) is 2.58. The molecule has 2 N–H and O–H groups in total. The summed E-state index contributed by atoms with van der Waals surface area (Å²) < 4.78 is 29.1. The molecule has 0 unspecified atom stereocenters. The maximum atomic E-state index is 12.3. The number of terminal acetylenes is 1. The van der Waals surface area contributed by atoms with Crippen molar-refractivity contribution in [3.05, 3.63) is 28.8 Å². The molecule has 0 aliphatic heterocycles. The van der Waals surface area contributed by atoms with Gasteiger partial charge in [0.05, 0.1) is 13.1 Å². The lowest BCUT2D eigenvalue weighted by atomic mass is 10.2. The molecule has 0 aliphatic rings. The van der Waals surface area contributed by atoms with Crippen LogP contribution in [0.25, 0.3) is 0 Å². The number of rotatable bonds is 6. The number of hydrogen-bond donors (Lipinski definition) is 2. The van der Waals surface area contributed by atoms with Crippen LogP contribution in [0.5, 0.6) is 5.75 Å². The normalized spacial score (nSPS) is 11.1. The molecule has 1 rings (SSSR count). The van der Waals surface area contributed by atoms with E-state index in [4.69, 9.17) is 18.0 Å². The highest BCUT2D eigenvalue weighted by atomic mass is 35.5. The fraction of sp³-hybridized carbons (Fsp3) is 0.357. The van der Waals surface area contributed by atoms with Crippen LogP contribution < -0.4 is 15.4 Å². The van der Waals surface area contributed by atoms with Crippen LogP contribution in [-0.4, -0.2) is 25.7 Å². The molecule has 0 bridgehead atoms. The molecule has 0 fully saturated rings. The summed E-state index contributed by atoms with van der Waals surface area (Å²) in [6.07, 6.45) is 5.16. The van der Waals surface area contributed by atoms with E-state index in [1.165, 1.54) is 18.2 Å². The molecule has 0 aliphatic carbocycles. The first-order valence-electron chi connectivity index (χ1n) is 6.25. The fourth-order valence-electron chi connectivity index (χ4n) is 1.52. The Morgan fingerprint density at radius 1 is 1.48 bits per heavy atom. The summed E-state index contributed by atoms with van der Waals surface area (Å²) >= 11 is 5.86. The number of aliphatic imine (C=N–C) groups is 1. The highest BCUT2D eigenvalue weighted by Gasteiger charge is 2.10. The summed E-state index contributed by atoms with van der Waals surface area (Å²) in [5.41, 5.74) is 0.459. The highest BCUT2D eigenvalue weighted by molar-refractivity contribution is 6.30. The van der Waals surface area contributed by atoms with E-state index in [2.05, 4.69) is 26.3 Å². The van der Waals surface area contributed by atoms with Crippen LogP contribution in [0, 0.1) is 12.3 Å². The quantitative estimate of drug-likeness (QED) is 0.482. The van der Waals surface area contributed by atoms with Crippen molar-refractivity contribution in [3.8, 4) is 18.1 Å².